The number of ether oxygens (including phenoxy) is 1. The summed E-state index contributed by atoms with van der Waals surface area (Å²) in [6, 6.07) is 21.8. The molecular weight excluding hydrogens is 507 g/mol. The molecule has 1 saturated carbocycles. The molecule has 1 N–H and O–H groups in total. The molecule has 1 aliphatic rings. The fraction of sp³-hybridized carbons (Fsp3) is 0.333. The highest BCUT2D eigenvalue weighted by molar-refractivity contribution is 6.35. The van der Waals surface area contributed by atoms with Gasteiger partial charge in [0.1, 0.15) is 11.8 Å². The third-order valence-electron chi connectivity index (χ3n) is 6.71. The van der Waals surface area contributed by atoms with Crippen molar-refractivity contribution in [2.24, 2.45) is 0 Å². The van der Waals surface area contributed by atoms with Gasteiger partial charge in [0.05, 0.1) is 0 Å². The smallest absolute Gasteiger partial charge is 0.261 e. The zero-order chi connectivity index (χ0) is 26.2. The maximum absolute atomic E-state index is 13.7. The predicted octanol–water partition coefficient (Wildman–Crippen LogP) is 6.38. The zero-order valence-electron chi connectivity index (χ0n) is 21.0. The Labute approximate surface area is 228 Å². The van der Waals surface area contributed by atoms with E-state index in [9.17, 15) is 9.59 Å². The molecule has 1 atom stereocenters. The monoisotopic (exact) mass is 538 g/mol. The van der Waals surface area contributed by atoms with Gasteiger partial charge in [-0.2, -0.15) is 0 Å². The van der Waals surface area contributed by atoms with Crippen molar-refractivity contribution < 1.29 is 14.3 Å². The van der Waals surface area contributed by atoms with Crippen LogP contribution in [0.25, 0.3) is 0 Å². The van der Waals surface area contributed by atoms with E-state index >= 15 is 0 Å². The third-order valence-corrected chi connectivity index (χ3v) is 7.30. The van der Waals surface area contributed by atoms with Crippen LogP contribution in [0.3, 0.4) is 0 Å². The van der Waals surface area contributed by atoms with E-state index in [0.29, 0.717) is 27.8 Å². The fourth-order valence-corrected chi connectivity index (χ4v) is 5.09. The largest absolute Gasteiger partial charge is 0.484 e. The van der Waals surface area contributed by atoms with Crippen molar-refractivity contribution in [3.05, 3.63) is 99.5 Å². The summed E-state index contributed by atoms with van der Waals surface area (Å²) in [5, 5.41) is 4.15. The highest BCUT2D eigenvalue weighted by Gasteiger charge is 2.32. The van der Waals surface area contributed by atoms with E-state index < -0.39 is 6.04 Å². The Bertz CT molecular complexity index is 1200. The van der Waals surface area contributed by atoms with Crippen LogP contribution in [0.5, 0.6) is 5.75 Å². The third kappa shape index (κ3) is 7.73. The van der Waals surface area contributed by atoms with E-state index in [2.05, 4.69) is 5.32 Å². The van der Waals surface area contributed by atoms with Crippen molar-refractivity contribution in [2.45, 2.75) is 57.7 Å². The number of nitrogens with zero attached hydrogens (tertiary/aromatic N) is 1. The number of benzene rings is 3. The summed E-state index contributed by atoms with van der Waals surface area (Å²) in [6.07, 6.45) is 4.49. The Morgan fingerprint density at radius 3 is 2.38 bits per heavy atom. The van der Waals surface area contributed by atoms with Gasteiger partial charge in [-0.05, 0) is 55.2 Å². The second-order valence-corrected chi connectivity index (χ2v) is 10.4. The van der Waals surface area contributed by atoms with Crippen LogP contribution in [0, 0.1) is 6.92 Å². The molecule has 7 heteroatoms. The van der Waals surface area contributed by atoms with E-state index in [1.165, 1.54) is 0 Å². The molecule has 0 bridgehead atoms. The molecule has 0 aromatic heterocycles. The van der Waals surface area contributed by atoms with Crippen LogP contribution < -0.4 is 10.1 Å². The molecule has 0 aliphatic heterocycles. The molecule has 0 heterocycles. The van der Waals surface area contributed by atoms with Crippen LogP contribution in [-0.4, -0.2) is 35.4 Å². The summed E-state index contributed by atoms with van der Waals surface area (Å²) in [6.45, 7) is 1.95. The molecule has 4 rings (SSSR count). The Hall–Kier alpha value is -3.02. The van der Waals surface area contributed by atoms with Crippen molar-refractivity contribution >= 4 is 35.0 Å². The number of nitrogens with one attached hydrogen (secondary N) is 1. The number of amides is 2. The fourth-order valence-electron chi connectivity index (χ4n) is 4.62. The van der Waals surface area contributed by atoms with Gasteiger partial charge in [-0.1, -0.05) is 90.1 Å². The molecule has 1 aliphatic carbocycles. The Morgan fingerprint density at radius 1 is 1.00 bits per heavy atom. The average Bonchev–Trinajstić information content (AvgIpc) is 3.40. The van der Waals surface area contributed by atoms with E-state index in [1.54, 1.807) is 23.1 Å². The SMILES string of the molecule is Cc1ccc(OCC(=O)N(Cc2ccc(Cl)cc2Cl)C(Cc2ccccc2)C(=O)NC2CCCC2)cc1. The van der Waals surface area contributed by atoms with Gasteiger partial charge in [-0.15, -0.1) is 0 Å². The van der Waals surface area contributed by atoms with Gasteiger partial charge in [0, 0.05) is 29.1 Å². The minimum Gasteiger partial charge on any atom is -0.484 e. The zero-order valence-corrected chi connectivity index (χ0v) is 22.5. The topological polar surface area (TPSA) is 58.6 Å². The summed E-state index contributed by atoms with van der Waals surface area (Å²) in [5.41, 5.74) is 2.78. The van der Waals surface area contributed by atoms with Crippen LogP contribution in [0.4, 0.5) is 0 Å². The molecule has 0 radical (unpaired) electrons. The molecule has 0 spiro atoms. The quantitative estimate of drug-likeness (QED) is 0.325. The maximum Gasteiger partial charge on any atom is 0.261 e. The van der Waals surface area contributed by atoms with Gasteiger partial charge < -0.3 is 15.0 Å². The molecule has 1 unspecified atom stereocenters. The molecule has 37 heavy (non-hydrogen) atoms. The lowest BCUT2D eigenvalue weighted by molar-refractivity contribution is -0.143. The van der Waals surface area contributed by atoms with Crippen LogP contribution in [0.15, 0.2) is 72.8 Å². The van der Waals surface area contributed by atoms with E-state index in [0.717, 1.165) is 36.8 Å². The Kier molecular flexibility index (Phi) is 9.48. The second kappa shape index (κ2) is 13.0. The van der Waals surface area contributed by atoms with Crippen molar-refractivity contribution in [2.75, 3.05) is 6.61 Å². The summed E-state index contributed by atoms with van der Waals surface area (Å²) in [4.78, 5) is 29.0. The lowest BCUT2D eigenvalue weighted by atomic mass is 10.0. The van der Waals surface area contributed by atoms with Crippen LogP contribution in [0.1, 0.15) is 42.4 Å². The summed E-state index contributed by atoms with van der Waals surface area (Å²) >= 11 is 12.6. The highest BCUT2D eigenvalue weighted by atomic mass is 35.5. The summed E-state index contributed by atoms with van der Waals surface area (Å²) in [5.74, 6) is 0.136. The number of halogens is 2. The van der Waals surface area contributed by atoms with Crippen molar-refractivity contribution in [1.82, 2.24) is 10.2 Å². The highest BCUT2D eigenvalue weighted by Crippen LogP contribution is 2.25. The van der Waals surface area contributed by atoms with E-state index in [4.69, 9.17) is 27.9 Å². The average molecular weight is 540 g/mol. The molecule has 1 fully saturated rings. The maximum atomic E-state index is 13.7. The predicted molar refractivity (Wildman–Crippen MR) is 148 cm³/mol. The summed E-state index contributed by atoms with van der Waals surface area (Å²) < 4.78 is 5.83. The number of hydrogen-bond donors (Lipinski definition) is 1. The van der Waals surface area contributed by atoms with Gasteiger partial charge in [-0.25, -0.2) is 0 Å². The van der Waals surface area contributed by atoms with Gasteiger partial charge in [0.25, 0.3) is 5.91 Å². The number of carbonyl (C=O) groups is 2. The van der Waals surface area contributed by atoms with Gasteiger partial charge in [0.2, 0.25) is 5.91 Å². The standard InChI is InChI=1S/C30H32Cl2N2O3/c1-21-11-15-26(16-12-21)37-20-29(35)34(19-23-13-14-24(31)18-27(23)32)28(17-22-7-3-2-4-8-22)30(36)33-25-9-5-6-10-25/h2-4,7-8,11-16,18,25,28H,5-6,9-10,17,19-20H2,1H3,(H,33,36). The molecule has 0 saturated heterocycles. The minimum absolute atomic E-state index is 0.130. The first-order valence-electron chi connectivity index (χ1n) is 12.7. The molecule has 194 valence electrons. The molecule has 3 aromatic rings. The van der Waals surface area contributed by atoms with Gasteiger partial charge in [0.15, 0.2) is 6.61 Å². The lowest BCUT2D eigenvalue weighted by Crippen LogP contribution is -2.53. The molecule has 5 nitrogen and oxygen atoms in total. The normalized spacial score (nSPS) is 14.2. The van der Waals surface area contributed by atoms with Crippen molar-refractivity contribution in [1.29, 1.82) is 0 Å². The van der Waals surface area contributed by atoms with Gasteiger partial charge in [-0.3, -0.25) is 9.59 Å². The number of aryl methyl sites for hydroxylation is 1. The first kappa shape index (κ1) is 27.0. The number of carbonyl (C=O) groups excluding carboxylic acids is 2. The molecule has 3 aromatic carbocycles. The first-order chi connectivity index (χ1) is 17.9. The molecule has 2 amide bonds. The lowest BCUT2D eigenvalue weighted by Gasteiger charge is -2.32. The van der Waals surface area contributed by atoms with Crippen LogP contribution >= 0.6 is 23.2 Å². The van der Waals surface area contributed by atoms with Gasteiger partial charge >= 0.3 is 0 Å². The number of rotatable bonds is 10. The Morgan fingerprint density at radius 2 is 1.70 bits per heavy atom. The van der Waals surface area contributed by atoms with Crippen LogP contribution in [-0.2, 0) is 22.6 Å². The van der Waals surface area contributed by atoms with E-state index in [-0.39, 0.29) is 31.0 Å². The van der Waals surface area contributed by atoms with E-state index in [1.807, 2.05) is 61.5 Å². The molecular formula is C30H32Cl2N2O3. The van der Waals surface area contributed by atoms with Crippen LogP contribution in [0.2, 0.25) is 10.0 Å². The minimum atomic E-state index is -0.733. The summed E-state index contributed by atoms with van der Waals surface area (Å²) in [7, 11) is 0. The second-order valence-electron chi connectivity index (χ2n) is 9.55. The first-order valence-corrected chi connectivity index (χ1v) is 13.4. The van der Waals surface area contributed by atoms with Crippen molar-refractivity contribution in [3.8, 4) is 5.75 Å². The Balaban J connectivity index is 1.63. The number of hydrogen-bond acceptors (Lipinski definition) is 3. The van der Waals surface area contributed by atoms with Crippen molar-refractivity contribution in [3.63, 3.8) is 0 Å².